The molecule has 0 saturated heterocycles. The third kappa shape index (κ3) is 3.04. The van der Waals surface area contributed by atoms with Crippen molar-refractivity contribution in [2.24, 2.45) is 0 Å². The van der Waals surface area contributed by atoms with Crippen LogP contribution in [0.15, 0.2) is 24.3 Å². The molecule has 3 heteroatoms. The molecule has 0 heterocycles. The molecule has 2 fully saturated rings. The van der Waals surface area contributed by atoms with Crippen LogP contribution in [0.4, 0.5) is 4.39 Å². The van der Waals surface area contributed by atoms with E-state index in [0.29, 0.717) is 16.7 Å². The van der Waals surface area contributed by atoms with Crippen LogP contribution in [0.1, 0.15) is 50.0 Å². The van der Waals surface area contributed by atoms with Gasteiger partial charge in [-0.25, -0.2) is 4.39 Å². The zero-order valence-electron chi connectivity index (χ0n) is 12.2. The lowest BCUT2D eigenvalue weighted by atomic mass is 9.75. The zero-order valence-corrected chi connectivity index (χ0v) is 13.0. The van der Waals surface area contributed by atoms with Crippen LogP contribution in [0, 0.1) is 5.82 Å². The second-order valence-corrected chi connectivity index (χ2v) is 7.67. The van der Waals surface area contributed by atoms with Gasteiger partial charge in [-0.1, -0.05) is 25.0 Å². The van der Waals surface area contributed by atoms with Crippen molar-refractivity contribution >= 4 is 11.8 Å². The molecule has 0 spiro atoms. The molecule has 20 heavy (non-hydrogen) atoms. The third-order valence-corrected chi connectivity index (χ3v) is 6.54. The van der Waals surface area contributed by atoms with Gasteiger partial charge in [-0.2, -0.15) is 11.8 Å². The van der Waals surface area contributed by atoms with Crippen molar-refractivity contribution in [3.05, 3.63) is 35.6 Å². The van der Waals surface area contributed by atoms with E-state index in [1.807, 2.05) is 17.8 Å². The molecule has 110 valence electrons. The molecule has 1 nitrogen and oxygen atoms in total. The molecule has 1 N–H and O–H groups in total. The molecule has 1 aromatic rings. The van der Waals surface area contributed by atoms with Gasteiger partial charge in [-0.15, -0.1) is 0 Å². The summed E-state index contributed by atoms with van der Waals surface area (Å²) < 4.78 is 13.7. The minimum atomic E-state index is -0.105. The van der Waals surface area contributed by atoms with Gasteiger partial charge in [0.25, 0.3) is 0 Å². The van der Waals surface area contributed by atoms with Crippen LogP contribution in [-0.4, -0.2) is 23.6 Å². The van der Waals surface area contributed by atoms with Crippen molar-refractivity contribution in [2.45, 2.75) is 55.2 Å². The first-order valence-corrected chi connectivity index (χ1v) is 8.97. The largest absolute Gasteiger partial charge is 0.313 e. The molecule has 3 rings (SSSR count). The summed E-state index contributed by atoms with van der Waals surface area (Å²) in [6.07, 6.45) is 10.1. The first-order valence-electron chi connectivity index (χ1n) is 7.75. The van der Waals surface area contributed by atoms with Gasteiger partial charge in [0.2, 0.25) is 0 Å². The Morgan fingerprint density at radius 3 is 2.70 bits per heavy atom. The fraction of sp³-hybridized carbons (Fsp3) is 0.647. The molecule has 0 aromatic heterocycles. The minimum absolute atomic E-state index is 0.105. The van der Waals surface area contributed by atoms with Crippen LogP contribution in [0.3, 0.4) is 0 Å². The van der Waals surface area contributed by atoms with E-state index in [0.717, 1.165) is 19.4 Å². The summed E-state index contributed by atoms with van der Waals surface area (Å²) in [5, 5.41) is 3.75. The first kappa shape index (κ1) is 14.4. The molecule has 0 amide bonds. The van der Waals surface area contributed by atoms with Crippen LogP contribution >= 0.6 is 11.8 Å². The third-order valence-electron chi connectivity index (χ3n) is 5.12. The molecular formula is C17H24FNS. The van der Waals surface area contributed by atoms with Crippen LogP contribution in [0.25, 0.3) is 0 Å². The van der Waals surface area contributed by atoms with E-state index in [4.69, 9.17) is 0 Å². The van der Waals surface area contributed by atoms with Gasteiger partial charge in [-0.05, 0) is 55.6 Å². The lowest BCUT2D eigenvalue weighted by Crippen LogP contribution is -2.46. The van der Waals surface area contributed by atoms with Crippen molar-refractivity contribution < 1.29 is 4.39 Å². The average molecular weight is 293 g/mol. The monoisotopic (exact) mass is 293 g/mol. The number of hydrogen-bond acceptors (Lipinski definition) is 2. The standard InChI is InChI=1S/C17H24FNS/c1-20-17(7-2-3-8-17)12-19-16-10-14(11-16)13-5-4-6-15(18)9-13/h4-6,9,14,16,19H,2-3,7-8,10-12H2,1H3. The number of thioether (sulfide) groups is 1. The highest BCUT2D eigenvalue weighted by molar-refractivity contribution is 8.00. The average Bonchev–Trinajstić information content (AvgIpc) is 2.86. The van der Waals surface area contributed by atoms with Gasteiger partial charge in [0.15, 0.2) is 0 Å². The van der Waals surface area contributed by atoms with E-state index < -0.39 is 0 Å². The fourth-order valence-corrected chi connectivity index (χ4v) is 4.54. The van der Waals surface area contributed by atoms with Crippen molar-refractivity contribution in [1.29, 1.82) is 0 Å². The summed E-state index contributed by atoms with van der Waals surface area (Å²) >= 11 is 2.04. The second kappa shape index (κ2) is 6.07. The molecule has 1 aromatic carbocycles. The molecule has 0 aliphatic heterocycles. The number of hydrogen-bond donors (Lipinski definition) is 1. The number of halogens is 1. The molecular weight excluding hydrogens is 269 g/mol. The summed E-state index contributed by atoms with van der Waals surface area (Å²) in [5.74, 6) is 0.447. The summed E-state index contributed by atoms with van der Waals surface area (Å²) in [6, 6.07) is 7.74. The minimum Gasteiger partial charge on any atom is -0.313 e. The van der Waals surface area contributed by atoms with Gasteiger partial charge < -0.3 is 5.32 Å². The van der Waals surface area contributed by atoms with Crippen LogP contribution < -0.4 is 5.32 Å². The second-order valence-electron chi connectivity index (χ2n) is 6.40. The highest BCUT2D eigenvalue weighted by atomic mass is 32.2. The SMILES string of the molecule is CSC1(CNC2CC(c3cccc(F)c3)C2)CCCC1. The van der Waals surface area contributed by atoms with Gasteiger partial charge in [-0.3, -0.25) is 0 Å². The van der Waals surface area contributed by atoms with Gasteiger partial charge >= 0.3 is 0 Å². The highest BCUT2D eigenvalue weighted by Gasteiger charge is 2.36. The summed E-state index contributed by atoms with van der Waals surface area (Å²) in [6.45, 7) is 1.15. The summed E-state index contributed by atoms with van der Waals surface area (Å²) in [5.41, 5.74) is 1.17. The van der Waals surface area contributed by atoms with Crippen molar-refractivity contribution in [3.63, 3.8) is 0 Å². The Bertz CT molecular complexity index is 450. The Hall–Kier alpha value is -0.540. The topological polar surface area (TPSA) is 12.0 Å². The van der Waals surface area contributed by atoms with Gasteiger partial charge in [0.1, 0.15) is 5.82 Å². The Morgan fingerprint density at radius 2 is 2.05 bits per heavy atom. The lowest BCUT2D eigenvalue weighted by molar-refractivity contribution is 0.281. The van der Waals surface area contributed by atoms with E-state index in [-0.39, 0.29) is 5.82 Å². The number of nitrogens with one attached hydrogen (secondary N) is 1. The van der Waals surface area contributed by atoms with Crippen molar-refractivity contribution in [2.75, 3.05) is 12.8 Å². The van der Waals surface area contributed by atoms with E-state index in [1.54, 1.807) is 6.07 Å². The van der Waals surface area contributed by atoms with Crippen LogP contribution in [0.2, 0.25) is 0 Å². The first-order chi connectivity index (χ1) is 9.71. The van der Waals surface area contributed by atoms with Crippen LogP contribution in [-0.2, 0) is 0 Å². The maximum Gasteiger partial charge on any atom is 0.123 e. The molecule has 0 bridgehead atoms. The quantitative estimate of drug-likeness (QED) is 0.867. The molecule has 2 aliphatic carbocycles. The van der Waals surface area contributed by atoms with E-state index in [2.05, 4.69) is 17.6 Å². The fourth-order valence-electron chi connectivity index (χ4n) is 3.62. The van der Waals surface area contributed by atoms with E-state index in [9.17, 15) is 4.39 Å². The van der Waals surface area contributed by atoms with E-state index in [1.165, 1.54) is 37.3 Å². The Labute approximate surface area is 125 Å². The molecule has 0 unspecified atom stereocenters. The Morgan fingerprint density at radius 1 is 1.30 bits per heavy atom. The predicted octanol–water partition coefficient (Wildman–Crippen LogP) is 4.34. The van der Waals surface area contributed by atoms with Gasteiger partial charge in [0.05, 0.1) is 0 Å². The highest BCUT2D eigenvalue weighted by Crippen LogP contribution is 2.41. The van der Waals surface area contributed by atoms with Gasteiger partial charge in [0, 0.05) is 17.3 Å². The van der Waals surface area contributed by atoms with Crippen LogP contribution in [0.5, 0.6) is 0 Å². The molecule has 2 aliphatic rings. The normalized spacial score (nSPS) is 28.3. The smallest absolute Gasteiger partial charge is 0.123 e. The Kier molecular flexibility index (Phi) is 4.37. The molecule has 2 saturated carbocycles. The van der Waals surface area contributed by atoms with Crippen molar-refractivity contribution in [3.8, 4) is 0 Å². The van der Waals surface area contributed by atoms with E-state index >= 15 is 0 Å². The predicted molar refractivity (Wildman–Crippen MR) is 84.9 cm³/mol. The number of benzene rings is 1. The zero-order chi connectivity index (χ0) is 14.0. The summed E-state index contributed by atoms with van der Waals surface area (Å²) in [4.78, 5) is 0. The number of rotatable bonds is 5. The lowest BCUT2D eigenvalue weighted by Gasteiger charge is -2.39. The molecule has 0 radical (unpaired) electrons. The molecule has 0 atom stereocenters. The van der Waals surface area contributed by atoms with Crippen molar-refractivity contribution in [1.82, 2.24) is 5.32 Å². The summed E-state index contributed by atoms with van der Waals surface area (Å²) in [7, 11) is 0. The maximum atomic E-state index is 13.2. The Balaban J connectivity index is 1.46. The maximum absolute atomic E-state index is 13.2.